The van der Waals surface area contributed by atoms with Crippen molar-refractivity contribution in [1.82, 2.24) is 15.0 Å². The largest absolute Gasteiger partial charge is 0.478 e. The van der Waals surface area contributed by atoms with E-state index in [1.165, 1.54) is 0 Å². The van der Waals surface area contributed by atoms with E-state index in [9.17, 15) is 4.79 Å². The second-order valence-corrected chi connectivity index (χ2v) is 5.95. The molecule has 6 nitrogen and oxygen atoms in total. The summed E-state index contributed by atoms with van der Waals surface area (Å²) in [4.78, 5) is 25.7. The van der Waals surface area contributed by atoms with Crippen LogP contribution in [0.2, 0.25) is 0 Å². The minimum atomic E-state index is -0.931. The van der Waals surface area contributed by atoms with E-state index in [4.69, 9.17) is 5.11 Å². The summed E-state index contributed by atoms with van der Waals surface area (Å²) in [7, 11) is 3.91. The summed E-state index contributed by atoms with van der Waals surface area (Å²) in [6, 6.07) is 8.96. The van der Waals surface area contributed by atoms with Crippen molar-refractivity contribution in [3.8, 4) is 0 Å². The van der Waals surface area contributed by atoms with E-state index >= 15 is 0 Å². The predicted molar refractivity (Wildman–Crippen MR) is 93.8 cm³/mol. The molecule has 0 fully saturated rings. The zero-order valence-electron chi connectivity index (χ0n) is 14.0. The molecule has 0 amide bonds. The Morgan fingerprint density at radius 3 is 2.71 bits per heavy atom. The van der Waals surface area contributed by atoms with E-state index < -0.39 is 5.97 Å². The molecule has 0 aliphatic rings. The first-order chi connectivity index (χ1) is 11.5. The number of benzene rings is 1. The number of carboxylic acid groups (broad SMARTS) is 1. The third-order valence-corrected chi connectivity index (χ3v) is 3.91. The van der Waals surface area contributed by atoms with Gasteiger partial charge in [0.05, 0.1) is 10.9 Å². The lowest BCUT2D eigenvalue weighted by Gasteiger charge is -2.13. The average molecular weight is 324 g/mol. The Morgan fingerprint density at radius 2 is 2.04 bits per heavy atom. The van der Waals surface area contributed by atoms with Crippen molar-refractivity contribution < 1.29 is 9.90 Å². The molecule has 0 aliphatic carbocycles. The zero-order valence-corrected chi connectivity index (χ0v) is 14.0. The second kappa shape index (κ2) is 6.31. The lowest BCUT2D eigenvalue weighted by molar-refractivity contribution is 0.0696. The number of carbonyl (C=O) groups is 1. The van der Waals surface area contributed by atoms with Gasteiger partial charge in [-0.25, -0.2) is 14.8 Å². The SMILES string of the molecule is CCc1cc2c(N(C)C)nc(Cc3cccc(C(=O)O)c3)nc2[nH]1. The lowest BCUT2D eigenvalue weighted by atomic mass is 10.1. The lowest BCUT2D eigenvalue weighted by Crippen LogP contribution is -2.13. The highest BCUT2D eigenvalue weighted by Crippen LogP contribution is 2.24. The van der Waals surface area contributed by atoms with Gasteiger partial charge in [0.1, 0.15) is 17.3 Å². The van der Waals surface area contributed by atoms with Crippen LogP contribution in [-0.4, -0.2) is 40.1 Å². The molecule has 0 radical (unpaired) electrons. The standard InChI is InChI=1S/C18H20N4O2/c1-4-13-10-14-16(19-13)20-15(21-17(14)22(2)3)9-11-6-5-7-12(8-11)18(23)24/h5-8,10H,4,9H2,1-3H3,(H,23,24)(H,19,20,21). The van der Waals surface area contributed by atoms with Gasteiger partial charge in [0.15, 0.2) is 0 Å². The molecule has 0 bridgehead atoms. The van der Waals surface area contributed by atoms with E-state index in [-0.39, 0.29) is 5.56 Å². The number of nitrogens with one attached hydrogen (secondary N) is 1. The Labute approximate surface area is 140 Å². The normalized spacial score (nSPS) is 11.0. The van der Waals surface area contributed by atoms with Crippen molar-refractivity contribution in [2.45, 2.75) is 19.8 Å². The fourth-order valence-corrected chi connectivity index (χ4v) is 2.70. The van der Waals surface area contributed by atoms with Crippen LogP contribution in [0.25, 0.3) is 11.0 Å². The van der Waals surface area contributed by atoms with Gasteiger partial charge in [0, 0.05) is 26.2 Å². The number of rotatable bonds is 5. The number of fused-ring (bicyclic) bond motifs is 1. The van der Waals surface area contributed by atoms with Crippen molar-refractivity contribution in [3.63, 3.8) is 0 Å². The van der Waals surface area contributed by atoms with Crippen molar-refractivity contribution in [2.24, 2.45) is 0 Å². The van der Waals surface area contributed by atoms with E-state index in [1.807, 2.05) is 25.1 Å². The number of H-pyrrole nitrogens is 1. The van der Waals surface area contributed by atoms with E-state index in [1.54, 1.807) is 18.2 Å². The first-order valence-corrected chi connectivity index (χ1v) is 7.86. The van der Waals surface area contributed by atoms with Gasteiger partial charge in [-0.05, 0) is 30.2 Å². The summed E-state index contributed by atoms with van der Waals surface area (Å²) >= 11 is 0. The monoisotopic (exact) mass is 324 g/mol. The number of nitrogens with zero attached hydrogens (tertiary/aromatic N) is 3. The molecular formula is C18H20N4O2. The number of aromatic amines is 1. The van der Waals surface area contributed by atoms with Gasteiger partial charge in [0.2, 0.25) is 0 Å². The van der Waals surface area contributed by atoms with Crippen LogP contribution in [0, 0.1) is 0 Å². The second-order valence-electron chi connectivity index (χ2n) is 5.95. The molecular weight excluding hydrogens is 304 g/mol. The molecule has 24 heavy (non-hydrogen) atoms. The molecule has 0 spiro atoms. The highest BCUT2D eigenvalue weighted by Gasteiger charge is 2.13. The molecule has 2 heterocycles. The first kappa shape index (κ1) is 16.0. The Balaban J connectivity index is 2.03. The van der Waals surface area contributed by atoms with E-state index in [0.717, 1.165) is 34.5 Å². The first-order valence-electron chi connectivity index (χ1n) is 7.86. The molecule has 2 N–H and O–H groups in total. The number of hydrogen-bond donors (Lipinski definition) is 2. The van der Waals surface area contributed by atoms with E-state index in [0.29, 0.717) is 12.2 Å². The zero-order chi connectivity index (χ0) is 17.3. The molecule has 3 rings (SSSR count). The van der Waals surface area contributed by atoms with Crippen molar-refractivity contribution in [1.29, 1.82) is 0 Å². The number of hydrogen-bond acceptors (Lipinski definition) is 4. The maximum Gasteiger partial charge on any atom is 0.335 e. The molecule has 0 unspecified atom stereocenters. The topological polar surface area (TPSA) is 82.1 Å². The molecule has 0 saturated carbocycles. The van der Waals surface area contributed by atoms with E-state index in [2.05, 4.69) is 27.9 Å². The fraction of sp³-hybridized carbons (Fsp3) is 0.278. The number of anilines is 1. The summed E-state index contributed by atoms with van der Waals surface area (Å²) in [6.45, 7) is 2.09. The van der Waals surface area contributed by atoms with Gasteiger partial charge >= 0.3 is 5.97 Å². The minimum absolute atomic E-state index is 0.273. The van der Waals surface area contributed by atoms with Crippen LogP contribution in [0.5, 0.6) is 0 Å². The quantitative estimate of drug-likeness (QED) is 0.754. The van der Waals surface area contributed by atoms with Crippen LogP contribution < -0.4 is 4.90 Å². The number of aromatic nitrogens is 3. The van der Waals surface area contributed by atoms with Crippen LogP contribution in [0.4, 0.5) is 5.82 Å². The smallest absolute Gasteiger partial charge is 0.335 e. The third kappa shape index (κ3) is 3.08. The predicted octanol–water partition coefficient (Wildman–Crippen LogP) is 2.88. The van der Waals surface area contributed by atoms with Crippen molar-refractivity contribution >= 4 is 22.8 Å². The Kier molecular flexibility index (Phi) is 4.20. The highest BCUT2D eigenvalue weighted by molar-refractivity contribution is 5.88. The molecule has 1 aromatic carbocycles. The summed E-state index contributed by atoms with van der Waals surface area (Å²) in [5.41, 5.74) is 3.08. The third-order valence-electron chi connectivity index (χ3n) is 3.91. The minimum Gasteiger partial charge on any atom is -0.478 e. The Hall–Kier alpha value is -2.89. The summed E-state index contributed by atoms with van der Waals surface area (Å²) < 4.78 is 0. The molecule has 2 aromatic heterocycles. The van der Waals surface area contributed by atoms with Crippen molar-refractivity contribution in [3.05, 3.63) is 53.0 Å². The van der Waals surface area contributed by atoms with Crippen molar-refractivity contribution in [2.75, 3.05) is 19.0 Å². The highest BCUT2D eigenvalue weighted by atomic mass is 16.4. The molecule has 6 heteroatoms. The van der Waals surface area contributed by atoms with Crippen LogP contribution in [0.3, 0.4) is 0 Å². The number of carboxylic acids is 1. The maximum atomic E-state index is 11.1. The number of aromatic carboxylic acids is 1. The van der Waals surface area contributed by atoms with Gasteiger partial charge in [-0.3, -0.25) is 0 Å². The van der Waals surface area contributed by atoms with Gasteiger partial charge in [0.25, 0.3) is 0 Å². The summed E-state index contributed by atoms with van der Waals surface area (Å²) in [6.07, 6.45) is 1.39. The van der Waals surface area contributed by atoms with Gasteiger partial charge < -0.3 is 15.0 Å². The molecule has 0 atom stereocenters. The average Bonchev–Trinajstić information content (AvgIpc) is 2.97. The Bertz CT molecular complexity index is 899. The maximum absolute atomic E-state index is 11.1. The van der Waals surface area contributed by atoms with Crippen LogP contribution >= 0.6 is 0 Å². The molecule has 0 aliphatic heterocycles. The Morgan fingerprint density at radius 1 is 1.25 bits per heavy atom. The summed E-state index contributed by atoms with van der Waals surface area (Å²) in [5.74, 6) is 0.595. The molecule has 0 saturated heterocycles. The van der Waals surface area contributed by atoms with Gasteiger partial charge in [-0.1, -0.05) is 19.1 Å². The molecule has 124 valence electrons. The van der Waals surface area contributed by atoms with Gasteiger partial charge in [-0.2, -0.15) is 0 Å². The molecule has 3 aromatic rings. The summed E-state index contributed by atoms with van der Waals surface area (Å²) in [5, 5.41) is 10.1. The number of aryl methyl sites for hydroxylation is 1. The van der Waals surface area contributed by atoms with Crippen LogP contribution in [-0.2, 0) is 12.8 Å². The van der Waals surface area contributed by atoms with Gasteiger partial charge in [-0.15, -0.1) is 0 Å². The fourth-order valence-electron chi connectivity index (χ4n) is 2.70. The van der Waals surface area contributed by atoms with Crippen LogP contribution in [0.1, 0.15) is 34.4 Å². The van der Waals surface area contributed by atoms with Crippen LogP contribution in [0.15, 0.2) is 30.3 Å².